The Bertz CT molecular complexity index is 1020. The average molecular weight is 520 g/mol. The molecule has 6 rings (SSSR count). The van der Waals surface area contributed by atoms with E-state index in [-0.39, 0.29) is 65.2 Å². The van der Waals surface area contributed by atoms with Gasteiger partial charge in [0.1, 0.15) is 18.3 Å². The van der Waals surface area contributed by atoms with Crippen molar-refractivity contribution < 1.29 is 38.4 Å². The first kappa shape index (κ1) is 25.6. The van der Waals surface area contributed by atoms with Crippen molar-refractivity contribution in [1.82, 2.24) is 4.90 Å². The molecule has 206 valence electrons. The fourth-order valence-corrected chi connectivity index (χ4v) is 11.1. The van der Waals surface area contributed by atoms with Gasteiger partial charge < -0.3 is 24.1 Å². The lowest BCUT2D eigenvalue weighted by atomic mass is 9.43. The SMILES string of the molecule is CCN1C[C@]2(C)CC[C@H](OC(C)=O)[C@@]34[C@@H]5C[C@H]6[C@H](OC(C)=O)[C@@H]5[C@](O)(C[C@@H]6OC)[C@@H]([C@@H](OC(C)=O)[C@H]23)[C@@H]14. The van der Waals surface area contributed by atoms with Crippen LogP contribution in [0.5, 0.6) is 0 Å². The van der Waals surface area contributed by atoms with Crippen molar-refractivity contribution in [3.63, 3.8) is 0 Å². The molecule has 1 heterocycles. The highest BCUT2D eigenvalue weighted by Crippen LogP contribution is 2.79. The number of rotatable bonds is 5. The van der Waals surface area contributed by atoms with Crippen LogP contribution in [0.3, 0.4) is 0 Å². The lowest BCUT2D eigenvalue weighted by Gasteiger charge is -2.68. The number of piperidine rings is 1. The summed E-state index contributed by atoms with van der Waals surface area (Å²) in [7, 11) is 1.65. The zero-order valence-electron chi connectivity index (χ0n) is 22.8. The molecule has 0 radical (unpaired) electrons. The number of ether oxygens (including phenoxy) is 4. The van der Waals surface area contributed by atoms with Gasteiger partial charge >= 0.3 is 17.9 Å². The van der Waals surface area contributed by atoms with Crippen molar-refractivity contribution in [1.29, 1.82) is 0 Å². The summed E-state index contributed by atoms with van der Waals surface area (Å²) < 4.78 is 24.4. The van der Waals surface area contributed by atoms with Crippen molar-refractivity contribution >= 4 is 17.9 Å². The van der Waals surface area contributed by atoms with E-state index in [0.29, 0.717) is 12.8 Å². The standard InChI is InChI=1S/C28H41NO8/c1-7-29-12-26(5)9-8-19(35-13(2)30)28-17-10-16-18(34-6)11-27(33,20(17)22(16)36-14(3)31)21(25(28)29)23(24(26)28)37-15(4)32/h16-25,33H,7-12H2,1-6H3/t16-,17-,18+,19+,20-,21+,22+,23-,24-,25-,26+,27-,28+/m1/s1. The number of hydrogen-bond acceptors (Lipinski definition) is 9. The van der Waals surface area contributed by atoms with Gasteiger partial charge in [-0.15, -0.1) is 0 Å². The van der Waals surface area contributed by atoms with Crippen molar-refractivity contribution in [2.24, 2.45) is 40.4 Å². The first-order valence-corrected chi connectivity index (χ1v) is 13.9. The van der Waals surface area contributed by atoms with Gasteiger partial charge in [-0.05, 0) is 37.1 Å². The summed E-state index contributed by atoms with van der Waals surface area (Å²) in [5, 5.41) is 12.9. The molecule has 5 aliphatic carbocycles. The van der Waals surface area contributed by atoms with E-state index in [9.17, 15) is 19.5 Å². The Morgan fingerprint density at radius 3 is 2.24 bits per heavy atom. The van der Waals surface area contributed by atoms with Crippen molar-refractivity contribution in [2.45, 2.75) is 96.4 Å². The highest BCUT2D eigenvalue weighted by atomic mass is 16.6. The Morgan fingerprint density at radius 2 is 1.65 bits per heavy atom. The third-order valence-corrected chi connectivity index (χ3v) is 11.5. The molecule has 9 nitrogen and oxygen atoms in total. The van der Waals surface area contributed by atoms with Crippen LogP contribution in [0, 0.1) is 40.4 Å². The minimum atomic E-state index is -1.26. The number of carbonyl (C=O) groups excluding carboxylic acids is 3. The van der Waals surface area contributed by atoms with E-state index in [1.165, 1.54) is 20.8 Å². The summed E-state index contributed by atoms with van der Waals surface area (Å²) >= 11 is 0. The van der Waals surface area contributed by atoms with E-state index < -0.39 is 29.1 Å². The second-order valence-electron chi connectivity index (χ2n) is 13.0. The molecular formula is C28H41NO8. The van der Waals surface area contributed by atoms with Crippen molar-refractivity contribution in [3.05, 3.63) is 0 Å². The van der Waals surface area contributed by atoms with Gasteiger partial charge in [0.2, 0.25) is 0 Å². The number of esters is 3. The molecule has 1 N–H and O–H groups in total. The molecular weight excluding hydrogens is 478 g/mol. The molecule has 0 aromatic heterocycles. The Labute approximate surface area is 218 Å². The summed E-state index contributed by atoms with van der Waals surface area (Å²) in [4.78, 5) is 39.9. The molecule has 1 aliphatic heterocycles. The highest BCUT2D eigenvalue weighted by molar-refractivity contribution is 5.67. The summed E-state index contributed by atoms with van der Waals surface area (Å²) in [6, 6.07) is -0.122. The third-order valence-electron chi connectivity index (χ3n) is 11.5. The van der Waals surface area contributed by atoms with E-state index in [0.717, 1.165) is 25.9 Å². The van der Waals surface area contributed by atoms with Crippen molar-refractivity contribution in [2.75, 3.05) is 20.2 Å². The topological polar surface area (TPSA) is 112 Å². The van der Waals surface area contributed by atoms with Gasteiger partial charge in [-0.25, -0.2) is 0 Å². The van der Waals surface area contributed by atoms with Gasteiger partial charge in [0.05, 0.1) is 11.7 Å². The van der Waals surface area contributed by atoms with E-state index in [4.69, 9.17) is 18.9 Å². The maximum absolute atomic E-state index is 12.9. The smallest absolute Gasteiger partial charge is 0.302 e. The van der Waals surface area contributed by atoms with Crippen molar-refractivity contribution in [3.8, 4) is 0 Å². The lowest BCUT2D eigenvalue weighted by Crippen LogP contribution is -2.76. The largest absolute Gasteiger partial charge is 0.462 e. The average Bonchev–Trinajstić information content (AvgIpc) is 3.23. The second-order valence-corrected chi connectivity index (χ2v) is 13.0. The summed E-state index contributed by atoms with van der Waals surface area (Å²) in [6.07, 6.45) is 1.02. The molecule has 9 heteroatoms. The molecule has 1 spiro atoms. The molecule has 0 amide bonds. The van der Waals surface area contributed by atoms with Crippen LogP contribution in [-0.2, 0) is 33.3 Å². The molecule has 0 aromatic carbocycles. The number of nitrogens with zero attached hydrogens (tertiary/aromatic N) is 1. The quantitative estimate of drug-likeness (QED) is 0.430. The predicted molar refractivity (Wildman–Crippen MR) is 130 cm³/mol. The maximum atomic E-state index is 12.9. The minimum absolute atomic E-state index is 0.0490. The first-order valence-electron chi connectivity index (χ1n) is 13.9. The summed E-state index contributed by atoms with van der Waals surface area (Å²) in [5.74, 6) is -1.99. The maximum Gasteiger partial charge on any atom is 0.302 e. The normalized spacial score (nSPS) is 52.9. The summed E-state index contributed by atoms with van der Waals surface area (Å²) in [6.45, 7) is 10.4. The van der Waals surface area contributed by atoms with Crippen LogP contribution in [0.1, 0.15) is 60.3 Å². The van der Waals surface area contributed by atoms with Gasteiger partial charge in [-0.2, -0.15) is 0 Å². The number of fused-ring (bicyclic) bond motifs is 2. The van der Waals surface area contributed by atoms with Crippen LogP contribution in [0.25, 0.3) is 0 Å². The number of aliphatic hydroxyl groups is 1. The Hall–Kier alpha value is -1.71. The number of carbonyl (C=O) groups is 3. The fourth-order valence-electron chi connectivity index (χ4n) is 11.1. The molecule has 7 bridgehead atoms. The number of hydrogen-bond donors (Lipinski definition) is 1. The van der Waals surface area contributed by atoms with Gasteiger partial charge in [-0.3, -0.25) is 19.3 Å². The minimum Gasteiger partial charge on any atom is -0.462 e. The van der Waals surface area contributed by atoms with Crippen LogP contribution in [0.15, 0.2) is 0 Å². The van der Waals surface area contributed by atoms with E-state index >= 15 is 0 Å². The van der Waals surface area contributed by atoms with Gasteiger partial charge in [0, 0.05) is 76.0 Å². The van der Waals surface area contributed by atoms with Gasteiger partial charge in [-0.1, -0.05) is 13.8 Å². The molecule has 1 saturated heterocycles. The number of methoxy groups -OCH3 is 1. The zero-order chi connectivity index (χ0) is 26.7. The molecule has 6 fully saturated rings. The van der Waals surface area contributed by atoms with E-state index in [2.05, 4.69) is 18.7 Å². The molecule has 13 atom stereocenters. The lowest BCUT2D eigenvalue weighted by molar-refractivity contribution is -0.271. The Morgan fingerprint density at radius 1 is 1.00 bits per heavy atom. The van der Waals surface area contributed by atoms with Crippen LogP contribution in [0.4, 0.5) is 0 Å². The van der Waals surface area contributed by atoms with Crippen LogP contribution in [-0.4, -0.2) is 84.2 Å². The fraction of sp³-hybridized carbons (Fsp3) is 0.893. The second kappa shape index (κ2) is 8.15. The van der Waals surface area contributed by atoms with Crippen LogP contribution >= 0.6 is 0 Å². The van der Waals surface area contributed by atoms with E-state index in [1.54, 1.807) is 7.11 Å². The van der Waals surface area contributed by atoms with Crippen LogP contribution in [0.2, 0.25) is 0 Å². The summed E-state index contributed by atoms with van der Waals surface area (Å²) in [5.41, 5.74) is -1.96. The molecule has 37 heavy (non-hydrogen) atoms. The molecule has 6 aliphatic rings. The molecule has 0 unspecified atom stereocenters. The Balaban J connectivity index is 1.63. The van der Waals surface area contributed by atoms with Crippen LogP contribution < -0.4 is 0 Å². The Kier molecular flexibility index (Phi) is 5.63. The predicted octanol–water partition coefficient (Wildman–Crippen LogP) is 1.93. The molecule has 0 aromatic rings. The monoisotopic (exact) mass is 519 g/mol. The van der Waals surface area contributed by atoms with Gasteiger partial charge in [0.25, 0.3) is 0 Å². The zero-order valence-corrected chi connectivity index (χ0v) is 22.8. The van der Waals surface area contributed by atoms with E-state index in [1.807, 2.05) is 0 Å². The van der Waals surface area contributed by atoms with Gasteiger partial charge in [0.15, 0.2) is 0 Å². The number of likely N-dealkylation sites (tertiary alicyclic amines) is 1. The highest BCUT2D eigenvalue weighted by Gasteiger charge is 2.87. The first-order chi connectivity index (χ1) is 17.4. The molecule has 5 saturated carbocycles. The third kappa shape index (κ3) is 3.05.